The van der Waals surface area contributed by atoms with E-state index in [1.807, 2.05) is 0 Å². The van der Waals surface area contributed by atoms with Crippen molar-refractivity contribution in [3.8, 4) is 0 Å². The van der Waals surface area contributed by atoms with E-state index in [2.05, 4.69) is 0 Å². The summed E-state index contributed by atoms with van der Waals surface area (Å²) in [5.74, 6) is -1.44. The van der Waals surface area contributed by atoms with Gasteiger partial charge in [0.25, 0.3) is 0 Å². The number of halogens is 1. The van der Waals surface area contributed by atoms with E-state index in [-0.39, 0.29) is 0 Å². The minimum atomic E-state index is -1.20. The summed E-state index contributed by atoms with van der Waals surface area (Å²) in [7, 11) is 0. The minimum Gasteiger partial charge on any atom is -0.480 e. The van der Waals surface area contributed by atoms with E-state index in [9.17, 15) is 19.1 Å². The molecule has 0 aliphatic carbocycles. The fourth-order valence-electron chi connectivity index (χ4n) is 2.71. The monoisotopic (exact) mass is 294 g/mol. The molecule has 1 aliphatic heterocycles. The predicted octanol–water partition coefficient (Wildman–Crippen LogP) is 2.71. The minimum absolute atomic E-state index is 0.342. The molecule has 0 bridgehead atoms. The third kappa shape index (κ3) is 2.70. The second-order valence-electron chi connectivity index (χ2n) is 5.34. The van der Waals surface area contributed by atoms with Gasteiger partial charge in [-0.25, -0.2) is 14.0 Å². The highest BCUT2D eigenvalue weighted by atomic mass is 19.1. The van der Waals surface area contributed by atoms with Crippen LogP contribution in [0.4, 0.5) is 14.9 Å². The molecule has 1 heterocycles. The summed E-state index contributed by atoms with van der Waals surface area (Å²) in [4.78, 5) is 26.9. The summed E-state index contributed by atoms with van der Waals surface area (Å²) < 4.78 is 13.3. The van der Waals surface area contributed by atoms with Gasteiger partial charge in [-0.2, -0.15) is 0 Å². The average Bonchev–Trinajstić information content (AvgIpc) is 2.83. The first-order chi connectivity index (χ1) is 9.90. The number of amides is 2. The Labute approximate surface area is 123 Å². The van der Waals surface area contributed by atoms with Crippen molar-refractivity contribution in [3.63, 3.8) is 0 Å². The van der Waals surface area contributed by atoms with E-state index >= 15 is 0 Å². The zero-order valence-electron chi connectivity index (χ0n) is 12.2. The summed E-state index contributed by atoms with van der Waals surface area (Å²) in [5, 5.41) is 9.39. The lowest BCUT2D eigenvalue weighted by molar-refractivity contribution is -0.147. The molecule has 5 nitrogen and oxygen atoms in total. The number of rotatable bonds is 3. The van der Waals surface area contributed by atoms with Gasteiger partial charge in [0.15, 0.2) is 0 Å². The Kier molecular flexibility index (Phi) is 4.16. The lowest BCUT2D eigenvalue weighted by atomic mass is 9.99. The number of benzene rings is 1. The molecule has 0 aromatic heterocycles. The molecule has 0 spiro atoms. The summed E-state index contributed by atoms with van der Waals surface area (Å²) >= 11 is 0. The first kappa shape index (κ1) is 15.3. The molecular formula is C15H19FN2O3. The maximum atomic E-state index is 13.3. The Bertz CT molecular complexity index is 564. The van der Waals surface area contributed by atoms with Gasteiger partial charge in [-0.3, -0.25) is 4.90 Å². The van der Waals surface area contributed by atoms with Crippen LogP contribution in [0.5, 0.6) is 0 Å². The Morgan fingerprint density at radius 2 is 2.19 bits per heavy atom. The number of aliphatic carboxylic acids is 1. The van der Waals surface area contributed by atoms with Crippen LogP contribution in [0.25, 0.3) is 0 Å². The SMILES string of the molecule is CCN(C(=O)N1CCCC1(C)C(=O)O)c1cccc(F)c1. The topological polar surface area (TPSA) is 60.9 Å². The summed E-state index contributed by atoms with van der Waals surface area (Å²) in [5.41, 5.74) is -0.764. The maximum Gasteiger partial charge on any atom is 0.329 e. The number of carbonyl (C=O) groups excluding carboxylic acids is 1. The molecular weight excluding hydrogens is 275 g/mol. The number of carboxylic acid groups (broad SMARTS) is 1. The van der Waals surface area contributed by atoms with Crippen molar-refractivity contribution in [1.29, 1.82) is 0 Å². The third-order valence-corrected chi connectivity index (χ3v) is 4.00. The van der Waals surface area contributed by atoms with Crippen LogP contribution >= 0.6 is 0 Å². The van der Waals surface area contributed by atoms with Crippen LogP contribution in [-0.2, 0) is 4.79 Å². The molecule has 1 unspecified atom stereocenters. The predicted molar refractivity (Wildman–Crippen MR) is 76.8 cm³/mol. The molecule has 2 rings (SSSR count). The summed E-state index contributed by atoms with van der Waals surface area (Å²) in [6.45, 7) is 4.07. The first-order valence-electron chi connectivity index (χ1n) is 6.98. The lowest BCUT2D eigenvalue weighted by Gasteiger charge is -2.35. The molecule has 6 heteroatoms. The number of hydrogen-bond acceptors (Lipinski definition) is 2. The van der Waals surface area contributed by atoms with Gasteiger partial charge in [-0.1, -0.05) is 6.07 Å². The molecule has 21 heavy (non-hydrogen) atoms. The Balaban J connectivity index is 2.30. The van der Waals surface area contributed by atoms with E-state index in [1.165, 1.54) is 28.0 Å². The molecule has 114 valence electrons. The van der Waals surface area contributed by atoms with E-state index in [0.717, 1.165) is 0 Å². The van der Waals surface area contributed by atoms with Gasteiger partial charge in [0.05, 0.1) is 0 Å². The van der Waals surface area contributed by atoms with Gasteiger partial charge in [-0.05, 0) is 44.9 Å². The van der Waals surface area contributed by atoms with Gasteiger partial charge in [0, 0.05) is 18.8 Å². The Hall–Kier alpha value is -2.11. The second kappa shape index (κ2) is 5.71. The number of urea groups is 1. The van der Waals surface area contributed by atoms with Crippen molar-refractivity contribution in [1.82, 2.24) is 4.90 Å². The Morgan fingerprint density at radius 1 is 1.48 bits per heavy atom. The normalized spacial score (nSPS) is 21.4. The van der Waals surface area contributed by atoms with Crippen molar-refractivity contribution in [2.45, 2.75) is 32.2 Å². The zero-order chi connectivity index (χ0) is 15.6. The number of likely N-dealkylation sites (tertiary alicyclic amines) is 1. The zero-order valence-corrected chi connectivity index (χ0v) is 12.2. The summed E-state index contributed by atoms with van der Waals surface area (Å²) in [6.07, 6.45) is 1.07. The first-order valence-corrected chi connectivity index (χ1v) is 6.98. The van der Waals surface area contributed by atoms with Gasteiger partial charge >= 0.3 is 12.0 Å². The van der Waals surface area contributed by atoms with Crippen LogP contribution in [0.2, 0.25) is 0 Å². The molecule has 1 aliphatic rings. The molecule has 1 atom stereocenters. The molecule has 0 radical (unpaired) electrons. The lowest BCUT2D eigenvalue weighted by Crippen LogP contribution is -2.55. The van der Waals surface area contributed by atoms with Gasteiger partial charge in [0.1, 0.15) is 11.4 Å². The highest BCUT2D eigenvalue weighted by Gasteiger charge is 2.47. The maximum absolute atomic E-state index is 13.3. The van der Waals surface area contributed by atoms with E-state index < -0.39 is 23.4 Å². The fourth-order valence-corrected chi connectivity index (χ4v) is 2.71. The number of carbonyl (C=O) groups is 2. The van der Waals surface area contributed by atoms with Gasteiger partial charge in [-0.15, -0.1) is 0 Å². The van der Waals surface area contributed by atoms with Crippen molar-refractivity contribution in [2.75, 3.05) is 18.0 Å². The fraction of sp³-hybridized carbons (Fsp3) is 0.467. The number of hydrogen-bond donors (Lipinski definition) is 1. The molecule has 1 aromatic rings. The van der Waals surface area contributed by atoms with Crippen LogP contribution in [0.15, 0.2) is 24.3 Å². The van der Waals surface area contributed by atoms with Crippen molar-refractivity contribution in [2.24, 2.45) is 0 Å². The standard InChI is InChI=1S/C15H19FN2O3/c1-3-17(12-7-4-6-11(16)10-12)14(21)18-9-5-8-15(18,2)13(19)20/h4,6-7,10H,3,5,8-9H2,1-2H3,(H,19,20). The molecule has 1 N–H and O–H groups in total. The van der Waals surface area contributed by atoms with Crippen molar-refractivity contribution >= 4 is 17.7 Å². The molecule has 2 amide bonds. The van der Waals surface area contributed by atoms with E-state index in [0.29, 0.717) is 31.6 Å². The van der Waals surface area contributed by atoms with E-state index in [4.69, 9.17) is 0 Å². The van der Waals surface area contributed by atoms with Crippen molar-refractivity contribution < 1.29 is 19.1 Å². The van der Waals surface area contributed by atoms with Crippen LogP contribution in [0.3, 0.4) is 0 Å². The molecule has 1 aromatic carbocycles. The van der Waals surface area contributed by atoms with Gasteiger partial charge in [0.2, 0.25) is 0 Å². The summed E-state index contributed by atoms with van der Waals surface area (Å²) in [6, 6.07) is 5.35. The number of nitrogens with zero attached hydrogens (tertiary/aromatic N) is 2. The Morgan fingerprint density at radius 3 is 2.76 bits per heavy atom. The largest absolute Gasteiger partial charge is 0.480 e. The van der Waals surface area contributed by atoms with E-state index in [1.54, 1.807) is 19.9 Å². The second-order valence-corrected chi connectivity index (χ2v) is 5.34. The van der Waals surface area contributed by atoms with Gasteiger partial charge < -0.3 is 10.0 Å². The number of anilines is 1. The van der Waals surface area contributed by atoms with Crippen LogP contribution in [0.1, 0.15) is 26.7 Å². The third-order valence-electron chi connectivity index (χ3n) is 4.00. The quantitative estimate of drug-likeness (QED) is 0.932. The molecule has 1 saturated heterocycles. The van der Waals surface area contributed by atoms with Crippen LogP contribution in [-0.4, -0.2) is 40.6 Å². The van der Waals surface area contributed by atoms with Crippen LogP contribution < -0.4 is 4.90 Å². The smallest absolute Gasteiger partial charge is 0.329 e. The average molecular weight is 294 g/mol. The number of carboxylic acids is 1. The highest BCUT2D eigenvalue weighted by Crippen LogP contribution is 2.31. The molecule has 0 saturated carbocycles. The van der Waals surface area contributed by atoms with Crippen LogP contribution in [0, 0.1) is 5.82 Å². The van der Waals surface area contributed by atoms with Crippen molar-refractivity contribution in [3.05, 3.63) is 30.1 Å². The molecule has 1 fully saturated rings. The highest BCUT2D eigenvalue weighted by molar-refractivity contribution is 5.96.